The van der Waals surface area contributed by atoms with Crippen LogP contribution >= 0.6 is 0 Å². The van der Waals surface area contributed by atoms with Gasteiger partial charge in [-0.2, -0.15) is 0 Å². The van der Waals surface area contributed by atoms with Crippen molar-refractivity contribution >= 4 is 16.9 Å². The minimum absolute atomic E-state index is 0.173. The molecule has 0 saturated heterocycles. The molecule has 5 atom stereocenters. The maximum atomic E-state index is 2.78. The summed E-state index contributed by atoms with van der Waals surface area (Å²) in [5, 5.41) is 0. The fraction of sp³-hybridized carbons (Fsp3) is 0.213. The number of fused-ring (bicyclic) bond motifs is 7. The maximum Gasteiger partial charge on any atom is 0.0649 e. The van der Waals surface area contributed by atoms with Crippen LogP contribution in [0.1, 0.15) is 74.0 Å². The van der Waals surface area contributed by atoms with Gasteiger partial charge >= 0.3 is 0 Å². The molecule has 0 saturated carbocycles. The first kappa shape index (κ1) is 38.1. The van der Waals surface area contributed by atoms with E-state index in [1.54, 1.807) is 16.7 Å². The number of anilines is 2. The summed E-state index contributed by atoms with van der Waals surface area (Å²) < 4.78 is 0. The van der Waals surface area contributed by atoms with E-state index in [1.165, 1.54) is 61.6 Å². The topological polar surface area (TPSA) is 6.48 Å². The lowest BCUT2D eigenvalue weighted by atomic mass is 9.64. The van der Waals surface area contributed by atoms with Crippen LogP contribution in [0.5, 0.6) is 0 Å². The Hall–Kier alpha value is -6.64. The molecule has 12 rings (SSSR count). The monoisotopic (exact) mass is 814 g/mol. The molecule has 0 aliphatic heterocycles. The van der Waals surface area contributed by atoms with Crippen LogP contribution in [0, 0.1) is 0 Å². The molecule has 0 fully saturated rings. The number of nitrogens with zero attached hydrogens (tertiary/aromatic N) is 2. The third kappa shape index (κ3) is 6.21. The summed E-state index contributed by atoms with van der Waals surface area (Å²) in [6.45, 7) is 0. The zero-order valence-corrected chi connectivity index (χ0v) is 36.0. The average Bonchev–Trinajstić information content (AvgIpc) is 3.83. The molecule has 5 unspecified atom stereocenters. The lowest BCUT2D eigenvalue weighted by Gasteiger charge is -2.44. The minimum atomic E-state index is -0.305. The summed E-state index contributed by atoms with van der Waals surface area (Å²) in [6, 6.07) is 39.1. The predicted octanol–water partition coefficient (Wildman–Crippen LogP) is 14.8. The van der Waals surface area contributed by atoms with Gasteiger partial charge in [-0.15, -0.1) is 0 Å². The van der Waals surface area contributed by atoms with Crippen LogP contribution in [0.3, 0.4) is 0 Å². The Morgan fingerprint density at radius 3 is 2.10 bits per heavy atom. The number of hydrogen-bond donors (Lipinski definition) is 0. The fourth-order valence-corrected chi connectivity index (χ4v) is 12.4. The Labute approximate surface area is 373 Å². The lowest BCUT2D eigenvalue weighted by molar-refractivity contribution is 0.245. The molecular weight excluding hydrogens is 761 g/mol. The van der Waals surface area contributed by atoms with E-state index in [0.29, 0.717) is 5.92 Å². The van der Waals surface area contributed by atoms with Gasteiger partial charge in [0.1, 0.15) is 0 Å². The highest BCUT2D eigenvalue weighted by molar-refractivity contribution is 5.99. The first-order valence-corrected chi connectivity index (χ1v) is 23.5. The molecule has 0 radical (unpaired) electrons. The third-order valence-corrected chi connectivity index (χ3v) is 15.0. The summed E-state index contributed by atoms with van der Waals surface area (Å²) in [7, 11) is 0. The van der Waals surface area contributed by atoms with E-state index in [0.717, 1.165) is 51.4 Å². The number of hydrogen-bond acceptors (Lipinski definition) is 2. The molecule has 2 nitrogen and oxygen atoms in total. The normalized spacial score (nSPS) is 26.0. The molecule has 2 heteroatoms. The largest absolute Gasteiger partial charge is 0.358 e. The lowest BCUT2D eigenvalue weighted by Crippen LogP contribution is -2.43. The summed E-state index contributed by atoms with van der Waals surface area (Å²) >= 11 is 0. The highest BCUT2D eigenvalue weighted by atomic mass is 15.2. The number of benzene rings is 4. The van der Waals surface area contributed by atoms with Crippen molar-refractivity contribution in [2.75, 3.05) is 4.90 Å². The second-order valence-corrected chi connectivity index (χ2v) is 18.3. The highest BCUT2D eigenvalue weighted by Gasteiger charge is 2.56. The number of para-hydroxylation sites is 1. The SMILES string of the molecule is C1=CCC(N(c2ccccc2-c2ccccc2)c2cccc3c2C2=C(CCC=C2)C32C3=C(CCC=C3)C3=C2CC(N(C2=CC(c4ccccc4)CC=C2)C2C=CC=CC2)C=C3)C=C1. The number of rotatable bonds is 8. The molecule has 63 heavy (non-hydrogen) atoms. The van der Waals surface area contributed by atoms with E-state index in [4.69, 9.17) is 0 Å². The van der Waals surface area contributed by atoms with Gasteiger partial charge in [0.15, 0.2) is 0 Å². The van der Waals surface area contributed by atoms with Crippen molar-refractivity contribution < 1.29 is 0 Å². The Morgan fingerprint density at radius 1 is 0.524 bits per heavy atom. The van der Waals surface area contributed by atoms with Crippen LogP contribution in [0.4, 0.5) is 11.4 Å². The predicted molar refractivity (Wildman–Crippen MR) is 264 cm³/mol. The quantitative estimate of drug-likeness (QED) is 0.175. The smallest absolute Gasteiger partial charge is 0.0649 e. The van der Waals surface area contributed by atoms with Crippen molar-refractivity contribution in [2.24, 2.45) is 0 Å². The molecule has 8 aliphatic carbocycles. The van der Waals surface area contributed by atoms with Gasteiger partial charge < -0.3 is 9.80 Å². The molecular formula is C61H54N2. The number of allylic oxidation sites excluding steroid dienone is 17. The second-order valence-electron chi connectivity index (χ2n) is 18.3. The molecule has 0 N–H and O–H groups in total. The first-order chi connectivity index (χ1) is 31.3. The van der Waals surface area contributed by atoms with Crippen molar-refractivity contribution in [1.29, 1.82) is 0 Å². The van der Waals surface area contributed by atoms with Crippen LogP contribution in [0.25, 0.3) is 16.7 Å². The zero-order valence-electron chi connectivity index (χ0n) is 36.0. The van der Waals surface area contributed by atoms with E-state index < -0.39 is 0 Å². The minimum Gasteiger partial charge on any atom is -0.358 e. The first-order valence-electron chi connectivity index (χ1n) is 23.5. The van der Waals surface area contributed by atoms with E-state index >= 15 is 0 Å². The Morgan fingerprint density at radius 2 is 1.27 bits per heavy atom. The van der Waals surface area contributed by atoms with Crippen LogP contribution in [-0.2, 0) is 5.41 Å². The van der Waals surface area contributed by atoms with E-state index in [-0.39, 0.29) is 23.5 Å². The standard InChI is InChI=1S/C61H54N2/c1-5-21-43(22-6-1)45-25-19-30-48(41-45)62(46-26-9-3-10-27-46)49-39-40-52-51-32-13-16-34-54(51)61(57(52)42-49)55-35-17-14-33-53(55)60-56(61)36-20-38-59(60)63(47-28-11-4-12-29-47)58-37-18-15-31-50(58)44-23-7-2-8-24-44/h1-12,14-16,18-24,26,28,30-31,33-34,36-41,45-47,49H,13,17,25,27,29,32,35,42H2. The van der Waals surface area contributed by atoms with Gasteiger partial charge in [-0.1, -0.05) is 188 Å². The van der Waals surface area contributed by atoms with Crippen LogP contribution in [-0.4, -0.2) is 23.0 Å². The molecule has 308 valence electrons. The molecule has 1 spiro atoms. The molecule has 0 aromatic heterocycles. The van der Waals surface area contributed by atoms with E-state index in [1.807, 2.05) is 0 Å². The molecule has 4 aromatic rings. The molecule has 4 aromatic carbocycles. The summed E-state index contributed by atoms with van der Waals surface area (Å²) in [4.78, 5) is 5.46. The van der Waals surface area contributed by atoms with E-state index in [2.05, 4.69) is 216 Å². The fourth-order valence-electron chi connectivity index (χ4n) is 12.4. The zero-order chi connectivity index (χ0) is 41.7. The molecule has 0 heterocycles. The van der Waals surface area contributed by atoms with E-state index in [9.17, 15) is 0 Å². The van der Waals surface area contributed by atoms with Crippen LogP contribution in [0.15, 0.2) is 240 Å². The van der Waals surface area contributed by atoms with Crippen LogP contribution in [0.2, 0.25) is 0 Å². The van der Waals surface area contributed by atoms with Gasteiger partial charge in [0.2, 0.25) is 0 Å². The van der Waals surface area contributed by atoms with Gasteiger partial charge in [0.05, 0.1) is 23.5 Å². The molecule has 8 aliphatic rings. The summed E-state index contributed by atoms with van der Waals surface area (Å²) in [6.07, 6.45) is 49.3. The van der Waals surface area contributed by atoms with Gasteiger partial charge in [0, 0.05) is 34.1 Å². The summed E-state index contributed by atoms with van der Waals surface area (Å²) in [5.74, 6) is 0.363. The van der Waals surface area contributed by atoms with Crippen molar-refractivity contribution in [3.63, 3.8) is 0 Å². The maximum absolute atomic E-state index is 2.78. The Kier molecular flexibility index (Phi) is 9.62. The Balaban J connectivity index is 1.03. The van der Waals surface area contributed by atoms with Gasteiger partial charge in [-0.05, 0) is 120 Å². The molecule has 0 bridgehead atoms. The van der Waals surface area contributed by atoms with Crippen LogP contribution < -0.4 is 4.90 Å². The van der Waals surface area contributed by atoms with Gasteiger partial charge in [-0.25, -0.2) is 0 Å². The highest BCUT2D eigenvalue weighted by Crippen LogP contribution is 2.66. The van der Waals surface area contributed by atoms with Crippen molar-refractivity contribution in [3.05, 3.63) is 257 Å². The van der Waals surface area contributed by atoms with Crippen molar-refractivity contribution in [2.45, 2.75) is 80.8 Å². The second kappa shape index (κ2) is 15.9. The average molecular weight is 815 g/mol. The van der Waals surface area contributed by atoms with Crippen molar-refractivity contribution in [3.8, 4) is 11.1 Å². The third-order valence-electron chi connectivity index (χ3n) is 15.0. The Bertz CT molecular complexity index is 2860. The molecule has 0 amide bonds. The van der Waals surface area contributed by atoms with Gasteiger partial charge in [0.25, 0.3) is 0 Å². The van der Waals surface area contributed by atoms with Crippen molar-refractivity contribution in [1.82, 2.24) is 4.90 Å². The summed E-state index contributed by atoms with van der Waals surface area (Å²) in [5.41, 5.74) is 19.7. The van der Waals surface area contributed by atoms with Gasteiger partial charge in [-0.3, -0.25) is 0 Å².